The number of rotatable bonds is 5. The van der Waals surface area contributed by atoms with Crippen molar-refractivity contribution in [2.24, 2.45) is 0 Å². The van der Waals surface area contributed by atoms with E-state index >= 15 is 0 Å². The van der Waals surface area contributed by atoms with Gasteiger partial charge in [0.2, 0.25) is 10.0 Å². The molecule has 0 saturated carbocycles. The zero-order chi connectivity index (χ0) is 20.6. The fourth-order valence-corrected chi connectivity index (χ4v) is 5.30. The highest BCUT2D eigenvalue weighted by molar-refractivity contribution is 7.89. The minimum Gasteiger partial charge on any atom is -0.223 e. The van der Waals surface area contributed by atoms with Crippen LogP contribution in [0.15, 0.2) is 47.9 Å². The minimum absolute atomic E-state index is 0.311. The second kappa shape index (κ2) is 7.48. The van der Waals surface area contributed by atoms with Crippen LogP contribution in [0.1, 0.15) is 40.8 Å². The Morgan fingerprint density at radius 3 is 2.07 bits per heavy atom. The summed E-state index contributed by atoms with van der Waals surface area (Å²) in [6.07, 6.45) is 3.10. The van der Waals surface area contributed by atoms with Gasteiger partial charge in [0.05, 0.1) is 10.6 Å². The lowest BCUT2D eigenvalue weighted by Crippen LogP contribution is -2.31. The van der Waals surface area contributed by atoms with Crippen molar-refractivity contribution in [1.82, 2.24) is 19.1 Å². The Morgan fingerprint density at radius 2 is 1.57 bits per heavy atom. The maximum atomic E-state index is 13.5. The summed E-state index contributed by atoms with van der Waals surface area (Å²) >= 11 is 0. The molecule has 0 amide bonds. The summed E-state index contributed by atoms with van der Waals surface area (Å²) in [6, 6.07) is 9.40. The molecule has 3 rings (SSSR count). The minimum atomic E-state index is -3.64. The standard InChI is InChI=1S/C21H26N4O2S/c1-14-11-15(2)17(4)21(16(14)3)28(26,27)24(6)18(5)19-7-9-20(10-8-19)25-13-22-12-23-25/h7-13,18H,1-6H3. The Morgan fingerprint density at radius 1 is 1.00 bits per heavy atom. The Labute approximate surface area is 166 Å². The molecule has 3 aromatic rings. The first-order chi connectivity index (χ1) is 13.1. The van der Waals surface area contributed by atoms with Crippen LogP contribution in [0, 0.1) is 27.7 Å². The van der Waals surface area contributed by atoms with Gasteiger partial charge >= 0.3 is 0 Å². The van der Waals surface area contributed by atoms with Crippen LogP contribution in [0.5, 0.6) is 0 Å². The molecule has 7 heteroatoms. The van der Waals surface area contributed by atoms with Gasteiger partial charge < -0.3 is 0 Å². The van der Waals surface area contributed by atoms with E-state index in [4.69, 9.17) is 0 Å². The lowest BCUT2D eigenvalue weighted by molar-refractivity contribution is 0.397. The lowest BCUT2D eigenvalue weighted by Gasteiger charge is -2.27. The molecule has 0 fully saturated rings. The SMILES string of the molecule is Cc1cc(C)c(C)c(S(=O)(=O)N(C)C(C)c2ccc(-n3cncn3)cc2)c1C. The predicted molar refractivity (Wildman–Crippen MR) is 110 cm³/mol. The number of sulfonamides is 1. The van der Waals surface area contributed by atoms with E-state index in [-0.39, 0.29) is 6.04 Å². The largest absolute Gasteiger partial charge is 0.243 e. The second-order valence-corrected chi connectivity index (χ2v) is 9.15. The molecular formula is C21H26N4O2S. The maximum Gasteiger partial charge on any atom is 0.243 e. The molecule has 2 aromatic carbocycles. The average molecular weight is 399 g/mol. The van der Waals surface area contributed by atoms with Gasteiger partial charge in [-0.25, -0.2) is 18.1 Å². The van der Waals surface area contributed by atoms with E-state index in [2.05, 4.69) is 10.1 Å². The summed E-state index contributed by atoms with van der Waals surface area (Å²) in [7, 11) is -2.00. The molecule has 0 radical (unpaired) electrons. The molecule has 0 bridgehead atoms. The number of hydrogen-bond donors (Lipinski definition) is 0. The average Bonchev–Trinajstić information content (AvgIpc) is 3.20. The third-order valence-electron chi connectivity index (χ3n) is 5.54. The molecule has 28 heavy (non-hydrogen) atoms. The summed E-state index contributed by atoms with van der Waals surface area (Å²) in [5.74, 6) is 0. The third-order valence-corrected chi connectivity index (χ3v) is 7.74. The van der Waals surface area contributed by atoms with Crippen LogP contribution in [0.2, 0.25) is 0 Å². The van der Waals surface area contributed by atoms with Crippen molar-refractivity contribution in [3.05, 3.63) is 70.8 Å². The Kier molecular flexibility index (Phi) is 5.41. The van der Waals surface area contributed by atoms with Crippen LogP contribution in [0.4, 0.5) is 0 Å². The summed E-state index contributed by atoms with van der Waals surface area (Å²) < 4.78 is 30.0. The smallest absolute Gasteiger partial charge is 0.223 e. The Bertz CT molecular complexity index is 1060. The van der Waals surface area contributed by atoms with E-state index in [0.717, 1.165) is 33.5 Å². The van der Waals surface area contributed by atoms with Crippen molar-refractivity contribution < 1.29 is 8.42 Å². The van der Waals surface area contributed by atoms with E-state index in [1.54, 1.807) is 18.1 Å². The molecule has 0 aliphatic heterocycles. The van der Waals surface area contributed by atoms with E-state index < -0.39 is 10.0 Å². The van der Waals surface area contributed by atoms with Crippen molar-refractivity contribution >= 4 is 10.0 Å². The van der Waals surface area contributed by atoms with Crippen LogP contribution in [0.3, 0.4) is 0 Å². The number of aromatic nitrogens is 3. The van der Waals surface area contributed by atoms with Gasteiger partial charge in [0, 0.05) is 13.1 Å². The lowest BCUT2D eigenvalue weighted by atomic mass is 10.0. The van der Waals surface area contributed by atoms with Gasteiger partial charge in [-0.05, 0) is 74.6 Å². The summed E-state index contributed by atoms with van der Waals surface area (Å²) in [4.78, 5) is 4.36. The van der Waals surface area contributed by atoms with Crippen LogP contribution >= 0.6 is 0 Å². The van der Waals surface area contributed by atoms with E-state index in [0.29, 0.717) is 4.90 Å². The quantitative estimate of drug-likeness (QED) is 0.654. The van der Waals surface area contributed by atoms with Crippen molar-refractivity contribution in [2.45, 2.75) is 45.6 Å². The monoisotopic (exact) mass is 398 g/mol. The molecule has 1 unspecified atom stereocenters. The highest BCUT2D eigenvalue weighted by Gasteiger charge is 2.30. The fraction of sp³-hybridized carbons (Fsp3) is 0.333. The van der Waals surface area contributed by atoms with E-state index in [9.17, 15) is 8.42 Å². The van der Waals surface area contributed by atoms with E-state index in [1.165, 1.54) is 10.6 Å². The summed E-state index contributed by atoms with van der Waals surface area (Å²) in [5, 5.41) is 4.11. The van der Waals surface area contributed by atoms with Crippen LogP contribution in [-0.2, 0) is 10.0 Å². The van der Waals surface area contributed by atoms with Crippen molar-refractivity contribution in [1.29, 1.82) is 0 Å². The molecule has 148 valence electrons. The number of hydrogen-bond acceptors (Lipinski definition) is 4. The molecule has 1 heterocycles. The van der Waals surface area contributed by atoms with Gasteiger partial charge in [-0.2, -0.15) is 9.40 Å². The first kappa shape index (κ1) is 20.2. The maximum absolute atomic E-state index is 13.5. The first-order valence-corrected chi connectivity index (χ1v) is 10.6. The molecule has 0 spiro atoms. The molecule has 1 aromatic heterocycles. The Balaban J connectivity index is 1.96. The predicted octanol–water partition coefficient (Wildman–Crippen LogP) is 3.88. The third kappa shape index (κ3) is 3.47. The number of benzene rings is 2. The zero-order valence-corrected chi connectivity index (χ0v) is 17.9. The topological polar surface area (TPSA) is 68.1 Å². The van der Waals surface area contributed by atoms with Crippen molar-refractivity contribution in [2.75, 3.05) is 7.05 Å². The van der Waals surface area contributed by atoms with Gasteiger partial charge in [0.1, 0.15) is 12.7 Å². The second-order valence-electron chi connectivity index (χ2n) is 7.22. The molecule has 6 nitrogen and oxygen atoms in total. The van der Waals surface area contributed by atoms with Crippen molar-refractivity contribution in [3.63, 3.8) is 0 Å². The van der Waals surface area contributed by atoms with Crippen LogP contribution in [0.25, 0.3) is 5.69 Å². The molecule has 1 atom stereocenters. The molecule has 0 N–H and O–H groups in total. The highest BCUT2D eigenvalue weighted by Crippen LogP contribution is 2.32. The zero-order valence-electron chi connectivity index (χ0n) is 17.1. The molecule has 0 saturated heterocycles. The van der Waals surface area contributed by atoms with Gasteiger partial charge in [0.15, 0.2) is 0 Å². The van der Waals surface area contributed by atoms with Gasteiger partial charge in [-0.1, -0.05) is 18.2 Å². The van der Waals surface area contributed by atoms with Gasteiger partial charge in [-0.15, -0.1) is 0 Å². The van der Waals surface area contributed by atoms with E-state index in [1.807, 2.05) is 65.0 Å². The molecular weight excluding hydrogens is 372 g/mol. The normalized spacial score (nSPS) is 13.1. The van der Waals surface area contributed by atoms with Crippen LogP contribution in [-0.4, -0.2) is 34.5 Å². The highest BCUT2D eigenvalue weighted by atomic mass is 32.2. The number of aryl methyl sites for hydroxylation is 2. The summed E-state index contributed by atoms with van der Waals surface area (Å²) in [6.45, 7) is 9.55. The van der Waals surface area contributed by atoms with Crippen LogP contribution < -0.4 is 0 Å². The Hall–Kier alpha value is -2.51. The molecule has 0 aliphatic rings. The fourth-order valence-electron chi connectivity index (χ4n) is 3.38. The molecule has 0 aliphatic carbocycles. The first-order valence-electron chi connectivity index (χ1n) is 9.15. The van der Waals surface area contributed by atoms with Gasteiger partial charge in [0.25, 0.3) is 0 Å². The summed E-state index contributed by atoms with van der Waals surface area (Å²) in [5.41, 5.74) is 5.38. The number of nitrogens with zero attached hydrogens (tertiary/aromatic N) is 4. The van der Waals surface area contributed by atoms with Gasteiger partial charge in [-0.3, -0.25) is 0 Å². The van der Waals surface area contributed by atoms with Crippen molar-refractivity contribution in [3.8, 4) is 5.69 Å².